The highest BCUT2D eigenvalue weighted by Gasteiger charge is 2.19. The van der Waals surface area contributed by atoms with Crippen LogP contribution in [0.1, 0.15) is 22.8 Å². The molecule has 0 spiro atoms. The Labute approximate surface area is 142 Å². The first-order valence-corrected chi connectivity index (χ1v) is 7.75. The van der Waals surface area contributed by atoms with E-state index in [1.165, 1.54) is 0 Å². The fraction of sp³-hybridized carbons (Fsp3) is 0.316. The fourth-order valence-corrected chi connectivity index (χ4v) is 2.55. The van der Waals surface area contributed by atoms with Crippen LogP contribution < -0.4 is 15.0 Å². The maximum absolute atomic E-state index is 12.4. The van der Waals surface area contributed by atoms with E-state index in [0.29, 0.717) is 11.3 Å². The molecule has 5 nitrogen and oxygen atoms in total. The third-order valence-corrected chi connectivity index (χ3v) is 3.94. The number of nitrogens with zero attached hydrogens (tertiary/aromatic N) is 1. The lowest BCUT2D eigenvalue weighted by Gasteiger charge is -2.19. The monoisotopic (exact) mass is 328 g/mol. The highest BCUT2D eigenvalue weighted by atomic mass is 16.5. The quantitative estimate of drug-likeness (QED) is 0.885. The van der Waals surface area contributed by atoms with Crippen LogP contribution in [0.25, 0.3) is 0 Å². The van der Waals surface area contributed by atoms with Gasteiger partial charge in [0.25, 0.3) is 5.91 Å². The molecule has 0 bridgehead atoms. The Morgan fingerprint density at radius 2 is 1.79 bits per heavy atom. The summed E-state index contributed by atoms with van der Waals surface area (Å²) in [6, 6.07) is 10.9. The van der Waals surface area contributed by atoms with E-state index >= 15 is 0 Å². The smallest absolute Gasteiger partial charge is 0.257 e. The molecule has 0 saturated heterocycles. The first-order valence-electron chi connectivity index (χ1n) is 7.75. The molecule has 0 fully saturated rings. The van der Waals surface area contributed by atoms with Gasteiger partial charge in [0.2, 0.25) is 0 Å². The first-order chi connectivity index (χ1) is 11.3. The lowest BCUT2D eigenvalue weighted by molar-refractivity contribution is -0.124. The zero-order chi connectivity index (χ0) is 17.9. The molecule has 128 valence electrons. The van der Waals surface area contributed by atoms with Crippen molar-refractivity contribution in [2.45, 2.75) is 20.0 Å². The molecule has 0 aliphatic carbocycles. The number of ether oxygens (including phenoxy) is 1. The highest BCUT2D eigenvalue weighted by Crippen LogP contribution is 2.28. The molecule has 24 heavy (non-hydrogen) atoms. The second-order valence-corrected chi connectivity index (χ2v) is 6.02. The largest absolute Gasteiger partial charge is 0.497 e. The summed E-state index contributed by atoms with van der Waals surface area (Å²) in [6.45, 7) is 3.88. The summed E-state index contributed by atoms with van der Waals surface area (Å²) in [7, 11) is 5.49. The number of benzene rings is 2. The molecule has 0 aliphatic heterocycles. The van der Waals surface area contributed by atoms with Crippen molar-refractivity contribution in [2.75, 3.05) is 31.4 Å². The first kappa shape index (κ1) is 17.8. The number of aliphatic hydroxyl groups excluding tert-OH is 1. The number of hydrogen-bond acceptors (Lipinski definition) is 4. The number of rotatable bonds is 5. The Morgan fingerprint density at radius 1 is 1.17 bits per heavy atom. The van der Waals surface area contributed by atoms with Crippen LogP contribution in [-0.4, -0.2) is 32.2 Å². The van der Waals surface area contributed by atoms with E-state index < -0.39 is 12.0 Å². The van der Waals surface area contributed by atoms with Crippen molar-refractivity contribution >= 4 is 17.3 Å². The number of carbonyl (C=O) groups excluding carboxylic acids is 1. The molecule has 0 aromatic heterocycles. The molecule has 2 aromatic rings. The molecule has 0 saturated carbocycles. The van der Waals surface area contributed by atoms with E-state index in [4.69, 9.17) is 4.74 Å². The molecule has 1 atom stereocenters. The van der Waals surface area contributed by atoms with Crippen LogP contribution in [0.4, 0.5) is 11.4 Å². The van der Waals surface area contributed by atoms with E-state index in [1.54, 1.807) is 31.4 Å². The Balaban J connectivity index is 2.22. The topological polar surface area (TPSA) is 61.8 Å². The SMILES string of the molecule is COc1cccc(C(O)C(=O)Nc2c(C)cc(N(C)C)cc2C)c1. The molecule has 2 N–H and O–H groups in total. The number of hydrogen-bond donors (Lipinski definition) is 2. The number of aryl methyl sites for hydroxylation is 2. The van der Waals surface area contributed by atoms with Gasteiger partial charge in [-0.3, -0.25) is 4.79 Å². The standard InChI is InChI=1S/C19H24N2O3/c1-12-9-15(21(3)4)10-13(2)17(12)20-19(23)18(22)14-7-6-8-16(11-14)24-5/h6-11,18,22H,1-5H3,(H,20,23). The summed E-state index contributed by atoms with van der Waals surface area (Å²) in [5.74, 6) is 0.133. The van der Waals surface area contributed by atoms with Crippen molar-refractivity contribution in [1.82, 2.24) is 0 Å². The number of nitrogens with one attached hydrogen (secondary N) is 1. The second kappa shape index (κ2) is 7.36. The van der Waals surface area contributed by atoms with E-state index in [1.807, 2.05) is 45.0 Å². The Kier molecular flexibility index (Phi) is 5.46. The van der Waals surface area contributed by atoms with Gasteiger partial charge in [-0.1, -0.05) is 12.1 Å². The van der Waals surface area contributed by atoms with Gasteiger partial charge < -0.3 is 20.1 Å². The summed E-state index contributed by atoms with van der Waals surface area (Å²) in [5.41, 5.74) is 4.19. The van der Waals surface area contributed by atoms with Gasteiger partial charge in [-0.25, -0.2) is 0 Å². The third kappa shape index (κ3) is 3.86. The minimum atomic E-state index is -1.26. The average Bonchev–Trinajstić information content (AvgIpc) is 2.56. The maximum atomic E-state index is 12.4. The van der Waals surface area contributed by atoms with Crippen LogP contribution in [-0.2, 0) is 4.79 Å². The summed E-state index contributed by atoms with van der Waals surface area (Å²) in [6.07, 6.45) is -1.26. The van der Waals surface area contributed by atoms with E-state index in [0.717, 1.165) is 22.5 Å². The van der Waals surface area contributed by atoms with Gasteiger partial charge in [-0.2, -0.15) is 0 Å². The summed E-state index contributed by atoms with van der Waals surface area (Å²) < 4.78 is 5.13. The molecular weight excluding hydrogens is 304 g/mol. The van der Waals surface area contributed by atoms with Crippen molar-refractivity contribution in [1.29, 1.82) is 0 Å². The van der Waals surface area contributed by atoms with Crippen LogP contribution in [0, 0.1) is 13.8 Å². The van der Waals surface area contributed by atoms with E-state index in [-0.39, 0.29) is 0 Å². The van der Waals surface area contributed by atoms with Crippen LogP contribution in [0.3, 0.4) is 0 Å². The predicted octanol–water partition coefficient (Wildman–Crippen LogP) is 3.05. The lowest BCUT2D eigenvalue weighted by Crippen LogP contribution is -2.22. The van der Waals surface area contributed by atoms with Crippen molar-refractivity contribution in [2.24, 2.45) is 0 Å². The van der Waals surface area contributed by atoms with Crippen molar-refractivity contribution < 1.29 is 14.6 Å². The average molecular weight is 328 g/mol. The zero-order valence-corrected chi connectivity index (χ0v) is 14.8. The zero-order valence-electron chi connectivity index (χ0n) is 14.8. The van der Waals surface area contributed by atoms with Gasteiger partial charge >= 0.3 is 0 Å². The molecule has 0 heterocycles. The van der Waals surface area contributed by atoms with Crippen LogP contribution in [0.15, 0.2) is 36.4 Å². The molecule has 5 heteroatoms. The van der Waals surface area contributed by atoms with Gasteiger partial charge in [-0.05, 0) is 54.8 Å². The predicted molar refractivity (Wildman–Crippen MR) is 96.8 cm³/mol. The van der Waals surface area contributed by atoms with Crippen LogP contribution >= 0.6 is 0 Å². The van der Waals surface area contributed by atoms with Crippen LogP contribution in [0.5, 0.6) is 5.75 Å². The Morgan fingerprint density at radius 3 is 2.33 bits per heavy atom. The van der Waals surface area contributed by atoms with Crippen LogP contribution in [0.2, 0.25) is 0 Å². The lowest BCUT2D eigenvalue weighted by atomic mass is 10.1. The van der Waals surface area contributed by atoms with Gasteiger partial charge in [-0.15, -0.1) is 0 Å². The van der Waals surface area contributed by atoms with Gasteiger partial charge in [0, 0.05) is 25.5 Å². The molecule has 1 amide bonds. The Hall–Kier alpha value is -2.53. The fourth-order valence-electron chi connectivity index (χ4n) is 2.55. The van der Waals surface area contributed by atoms with Crippen molar-refractivity contribution in [3.63, 3.8) is 0 Å². The molecule has 2 aromatic carbocycles. The number of anilines is 2. The molecule has 2 rings (SSSR count). The normalized spacial score (nSPS) is 11.8. The van der Waals surface area contributed by atoms with Gasteiger partial charge in [0.05, 0.1) is 7.11 Å². The number of carbonyl (C=O) groups is 1. The maximum Gasteiger partial charge on any atom is 0.257 e. The molecular formula is C19H24N2O3. The highest BCUT2D eigenvalue weighted by molar-refractivity contribution is 5.96. The summed E-state index contributed by atoms with van der Waals surface area (Å²) in [4.78, 5) is 14.4. The van der Waals surface area contributed by atoms with Gasteiger partial charge in [0.1, 0.15) is 5.75 Å². The van der Waals surface area contributed by atoms with Crippen molar-refractivity contribution in [3.8, 4) is 5.75 Å². The molecule has 0 aliphatic rings. The Bertz CT molecular complexity index is 718. The number of methoxy groups -OCH3 is 1. The van der Waals surface area contributed by atoms with E-state index in [9.17, 15) is 9.90 Å². The summed E-state index contributed by atoms with van der Waals surface area (Å²) in [5, 5.41) is 13.2. The van der Waals surface area contributed by atoms with Crippen molar-refractivity contribution in [3.05, 3.63) is 53.1 Å². The summed E-state index contributed by atoms with van der Waals surface area (Å²) >= 11 is 0. The van der Waals surface area contributed by atoms with E-state index in [2.05, 4.69) is 5.32 Å². The molecule has 0 radical (unpaired) electrons. The number of amides is 1. The molecule has 1 unspecified atom stereocenters. The van der Waals surface area contributed by atoms with Gasteiger partial charge in [0.15, 0.2) is 6.10 Å². The number of aliphatic hydroxyl groups is 1. The third-order valence-electron chi connectivity index (χ3n) is 3.94. The second-order valence-electron chi connectivity index (χ2n) is 6.02. The minimum Gasteiger partial charge on any atom is -0.497 e. The minimum absolute atomic E-state index is 0.466.